The van der Waals surface area contributed by atoms with E-state index in [4.69, 9.17) is 4.74 Å². The van der Waals surface area contributed by atoms with Crippen molar-refractivity contribution in [3.63, 3.8) is 0 Å². The van der Waals surface area contributed by atoms with Crippen LogP contribution in [-0.2, 0) is 12.8 Å². The van der Waals surface area contributed by atoms with Crippen molar-refractivity contribution in [3.05, 3.63) is 77.9 Å². The van der Waals surface area contributed by atoms with Crippen molar-refractivity contribution in [2.45, 2.75) is 44.9 Å². The van der Waals surface area contributed by atoms with Gasteiger partial charge in [-0.2, -0.15) is 0 Å². The van der Waals surface area contributed by atoms with Gasteiger partial charge in [-0.1, -0.05) is 68.5 Å². The zero-order chi connectivity index (χ0) is 17.5. The van der Waals surface area contributed by atoms with E-state index in [9.17, 15) is 4.79 Å². The molecule has 0 amide bonds. The number of esters is 1. The van der Waals surface area contributed by atoms with Gasteiger partial charge in [-0.05, 0) is 48.1 Å². The highest BCUT2D eigenvalue weighted by molar-refractivity contribution is 5.91. The molecular formula is C23H26O2. The van der Waals surface area contributed by atoms with Crippen LogP contribution in [-0.4, -0.2) is 5.97 Å². The molecule has 0 aliphatic heterocycles. The van der Waals surface area contributed by atoms with Gasteiger partial charge in [0.25, 0.3) is 0 Å². The molecule has 1 aliphatic rings. The van der Waals surface area contributed by atoms with E-state index >= 15 is 0 Å². The Morgan fingerprint density at radius 1 is 1.08 bits per heavy atom. The van der Waals surface area contributed by atoms with Crippen LogP contribution in [0.25, 0.3) is 0 Å². The lowest BCUT2D eigenvalue weighted by molar-refractivity contribution is 0.0732. The first-order chi connectivity index (χ1) is 12.3. The SMILES string of the molecule is C=CCc1ccc(OC(=O)c2ccccc2)c(CC2CCCCC2)c1. The first-order valence-corrected chi connectivity index (χ1v) is 9.26. The third kappa shape index (κ3) is 4.82. The van der Waals surface area contributed by atoms with Gasteiger partial charge in [0.1, 0.15) is 5.75 Å². The van der Waals surface area contributed by atoms with E-state index in [1.54, 1.807) is 12.1 Å². The third-order valence-electron chi connectivity index (χ3n) is 4.95. The summed E-state index contributed by atoms with van der Waals surface area (Å²) in [5.74, 6) is 1.11. The minimum atomic E-state index is -0.290. The zero-order valence-electron chi connectivity index (χ0n) is 14.7. The molecule has 2 aromatic carbocycles. The molecule has 0 radical (unpaired) electrons. The fourth-order valence-corrected chi connectivity index (χ4v) is 3.62. The molecule has 1 saturated carbocycles. The molecule has 130 valence electrons. The topological polar surface area (TPSA) is 26.3 Å². The van der Waals surface area contributed by atoms with Gasteiger partial charge >= 0.3 is 5.97 Å². The first kappa shape index (κ1) is 17.5. The molecule has 0 unspecified atom stereocenters. The van der Waals surface area contributed by atoms with E-state index in [2.05, 4.69) is 12.6 Å². The van der Waals surface area contributed by atoms with Crippen LogP contribution in [0.15, 0.2) is 61.2 Å². The second-order valence-corrected chi connectivity index (χ2v) is 6.90. The van der Waals surface area contributed by atoms with Crippen LogP contribution >= 0.6 is 0 Å². The Morgan fingerprint density at radius 2 is 1.84 bits per heavy atom. The number of ether oxygens (including phenoxy) is 1. The van der Waals surface area contributed by atoms with Gasteiger partial charge in [-0.25, -0.2) is 4.79 Å². The monoisotopic (exact) mass is 334 g/mol. The third-order valence-corrected chi connectivity index (χ3v) is 4.95. The molecule has 1 aliphatic carbocycles. The number of benzene rings is 2. The predicted octanol–water partition coefficient (Wildman–Crippen LogP) is 5.76. The number of hydrogen-bond donors (Lipinski definition) is 0. The highest BCUT2D eigenvalue weighted by Crippen LogP contribution is 2.31. The van der Waals surface area contributed by atoms with Gasteiger partial charge < -0.3 is 4.74 Å². The standard InChI is InChI=1S/C23H26O2/c1-2-9-18-14-15-22(25-23(24)20-12-7-4-8-13-20)21(16-18)17-19-10-5-3-6-11-19/h2,4,7-8,12-16,19H,1,3,5-6,9-11,17H2. The molecule has 0 spiro atoms. The first-order valence-electron chi connectivity index (χ1n) is 9.26. The molecule has 0 bridgehead atoms. The molecule has 2 heteroatoms. The number of carbonyl (C=O) groups is 1. The van der Waals surface area contributed by atoms with Crippen LogP contribution in [0.3, 0.4) is 0 Å². The van der Waals surface area contributed by atoms with Crippen molar-refractivity contribution in [2.75, 3.05) is 0 Å². The van der Waals surface area contributed by atoms with Crippen LogP contribution in [0.5, 0.6) is 5.75 Å². The van der Waals surface area contributed by atoms with E-state index in [-0.39, 0.29) is 5.97 Å². The summed E-state index contributed by atoms with van der Waals surface area (Å²) < 4.78 is 5.74. The Bertz CT molecular complexity index is 712. The van der Waals surface area contributed by atoms with Crippen molar-refractivity contribution < 1.29 is 9.53 Å². The summed E-state index contributed by atoms with van der Waals surface area (Å²) >= 11 is 0. The van der Waals surface area contributed by atoms with Crippen LogP contribution < -0.4 is 4.74 Å². The lowest BCUT2D eigenvalue weighted by atomic mass is 9.84. The van der Waals surface area contributed by atoms with Gasteiger partial charge in [0.15, 0.2) is 0 Å². The largest absolute Gasteiger partial charge is 0.423 e. The lowest BCUT2D eigenvalue weighted by Gasteiger charge is -2.23. The summed E-state index contributed by atoms with van der Waals surface area (Å²) in [6.45, 7) is 3.83. The van der Waals surface area contributed by atoms with Crippen LogP contribution in [0.2, 0.25) is 0 Å². The predicted molar refractivity (Wildman–Crippen MR) is 102 cm³/mol. The molecule has 3 rings (SSSR count). The quantitative estimate of drug-likeness (QED) is 0.381. The molecular weight excluding hydrogens is 308 g/mol. The fraction of sp³-hybridized carbons (Fsp3) is 0.348. The van der Waals surface area contributed by atoms with E-state index in [0.29, 0.717) is 17.2 Å². The van der Waals surface area contributed by atoms with E-state index in [0.717, 1.165) is 18.4 Å². The maximum atomic E-state index is 12.4. The van der Waals surface area contributed by atoms with Gasteiger partial charge in [-0.15, -0.1) is 6.58 Å². The lowest BCUT2D eigenvalue weighted by Crippen LogP contribution is -2.13. The Balaban J connectivity index is 1.80. The molecule has 0 N–H and O–H groups in total. The average molecular weight is 334 g/mol. The van der Waals surface area contributed by atoms with Crippen molar-refractivity contribution in [2.24, 2.45) is 5.92 Å². The Morgan fingerprint density at radius 3 is 2.56 bits per heavy atom. The smallest absolute Gasteiger partial charge is 0.343 e. The minimum absolute atomic E-state index is 0.290. The number of carbonyl (C=O) groups excluding carboxylic acids is 1. The van der Waals surface area contributed by atoms with Crippen molar-refractivity contribution >= 4 is 5.97 Å². The summed E-state index contributed by atoms with van der Waals surface area (Å²) in [6.07, 6.45) is 10.3. The maximum absolute atomic E-state index is 12.4. The average Bonchev–Trinajstić information content (AvgIpc) is 2.65. The van der Waals surface area contributed by atoms with Gasteiger partial charge in [0.2, 0.25) is 0 Å². The highest BCUT2D eigenvalue weighted by Gasteiger charge is 2.18. The maximum Gasteiger partial charge on any atom is 0.343 e. The summed E-state index contributed by atoms with van der Waals surface area (Å²) in [4.78, 5) is 12.4. The normalized spacial score (nSPS) is 14.9. The van der Waals surface area contributed by atoms with Gasteiger partial charge in [0.05, 0.1) is 5.56 Å². The number of hydrogen-bond acceptors (Lipinski definition) is 2. The van der Waals surface area contributed by atoms with Crippen LogP contribution in [0.1, 0.15) is 53.6 Å². The molecule has 0 heterocycles. The van der Waals surface area contributed by atoms with Gasteiger partial charge in [0, 0.05) is 0 Å². The van der Waals surface area contributed by atoms with Crippen molar-refractivity contribution in [1.29, 1.82) is 0 Å². The Labute approximate surface area is 150 Å². The zero-order valence-corrected chi connectivity index (χ0v) is 14.7. The summed E-state index contributed by atoms with van der Waals surface area (Å²) in [5, 5.41) is 0. The molecule has 1 fully saturated rings. The van der Waals surface area contributed by atoms with E-state index in [1.165, 1.54) is 37.7 Å². The Hall–Kier alpha value is -2.35. The van der Waals surface area contributed by atoms with Crippen LogP contribution in [0.4, 0.5) is 0 Å². The summed E-state index contributed by atoms with van der Waals surface area (Å²) in [5.41, 5.74) is 2.96. The van der Waals surface area contributed by atoms with Gasteiger partial charge in [-0.3, -0.25) is 0 Å². The summed E-state index contributed by atoms with van der Waals surface area (Å²) in [6, 6.07) is 15.3. The highest BCUT2D eigenvalue weighted by atomic mass is 16.5. The molecule has 0 saturated heterocycles. The van der Waals surface area contributed by atoms with Crippen molar-refractivity contribution in [3.8, 4) is 5.75 Å². The molecule has 0 atom stereocenters. The molecule has 0 aromatic heterocycles. The van der Waals surface area contributed by atoms with E-state index in [1.807, 2.05) is 36.4 Å². The minimum Gasteiger partial charge on any atom is -0.423 e. The molecule has 25 heavy (non-hydrogen) atoms. The number of allylic oxidation sites excluding steroid dienone is 1. The fourth-order valence-electron chi connectivity index (χ4n) is 3.62. The molecule has 2 nitrogen and oxygen atoms in total. The summed E-state index contributed by atoms with van der Waals surface area (Å²) in [7, 11) is 0. The van der Waals surface area contributed by atoms with E-state index < -0.39 is 0 Å². The Kier molecular flexibility index (Phi) is 6.05. The van der Waals surface area contributed by atoms with Crippen molar-refractivity contribution in [1.82, 2.24) is 0 Å². The second kappa shape index (κ2) is 8.66. The molecule has 2 aromatic rings. The number of rotatable bonds is 6. The van der Waals surface area contributed by atoms with Crippen LogP contribution in [0, 0.1) is 5.92 Å². The second-order valence-electron chi connectivity index (χ2n) is 6.90.